The Bertz CT molecular complexity index is 532. The Morgan fingerprint density at radius 3 is 2.76 bits per heavy atom. The minimum Gasteiger partial charge on any atom is -0.396 e. The van der Waals surface area contributed by atoms with Gasteiger partial charge in [-0.15, -0.1) is 0 Å². The molecule has 0 saturated carbocycles. The van der Waals surface area contributed by atoms with E-state index in [1.807, 2.05) is 12.1 Å². The van der Waals surface area contributed by atoms with Gasteiger partial charge in [0.05, 0.1) is 11.9 Å². The van der Waals surface area contributed by atoms with Gasteiger partial charge in [0.25, 0.3) is 5.91 Å². The minimum atomic E-state index is -0.225. The molecule has 0 spiro atoms. The Kier molecular flexibility index (Phi) is 2.78. The fourth-order valence-electron chi connectivity index (χ4n) is 1.37. The van der Waals surface area contributed by atoms with E-state index in [1.54, 1.807) is 32.6 Å². The molecule has 0 unspecified atom stereocenters. The number of carbonyl (C=O) groups excluding carboxylic acids is 1. The van der Waals surface area contributed by atoms with Crippen molar-refractivity contribution in [3.05, 3.63) is 36.3 Å². The number of hydrogen-bond acceptors (Lipinski definition) is 4. The van der Waals surface area contributed by atoms with Gasteiger partial charge in [-0.1, -0.05) is 6.07 Å². The van der Waals surface area contributed by atoms with E-state index in [2.05, 4.69) is 10.1 Å². The number of nitrogens with two attached hydrogens (primary N) is 1. The molecule has 88 valence electrons. The molecule has 6 nitrogen and oxygen atoms in total. The number of aromatic nitrogens is 3. The van der Waals surface area contributed by atoms with E-state index in [4.69, 9.17) is 5.73 Å². The van der Waals surface area contributed by atoms with E-state index < -0.39 is 0 Å². The van der Waals surface area contributed by atoms with Gasteiger partial charge in [-0.25, -0.2) is 9.67 Å². The van der Waals surface area contributed by atoms with Gasteiger partial charge in [-0.3, -0.25) is 4.79 Å². The van der Waals surface area contributed by atoms with Crippen molar-refractivity contribution in [3.8, 4) is 5.82 Å². The first kappa shape index (κ1) is 11.1. The molecule has 0 saturated heterocycles. The molecule has 0 fully saturated rings. The fraction of sp³-hybridized carbons (Fsp3) is 0.182. The summed E-state index contributed by atoms with van der Waals surface area (Å²) >= 11 is 0. The van der Waals surface area contributed by atoms with Crippen molar-refractivity contribution in [1.29, 1.82) is 0 Å². The standard InChI is InChI=1S/C11H13N5O/c1-15(2)11(17)10-8(12)7-16(14-10)9-5-3-4-6-13-9/h3-7H,12H2,1-2H3. The Morgan fingerprint density at radius 1 is 1.41 bits per heavy atom. The van der Waals surface area contributed by atoms with Crippen LogP contribution in [0.1, 0.15) is 10.5 Å². The maximum Gasteiger partial charge on any atom is 0.276 e. The lowest BCUT2D eigenvalue weighted by Crippen LogP contribution is -2.23. The lowest BCUT2D eigenvalue weighted by molar-refractivity contribution is 0.0822. The SMILES string of the molecule is CN(C)C(=O)c1nn(-c2ccccn2)cc1N. The van der Waals surface area contributed by atoms with Gasteiger partial charge in [0.2, 0.25) is 0 Å². The van der Waals surface area contributed by atoms with Gasteiger partial charge in [0.15, 0.2) is 11.5 Å². The van der Waals surface area contributed by atoms with Crippen molar-refractivity contribution in [2.45, 2.75) is 0 Å². The lowest BCUT2D eigenvalue weighted by atomic mass is 10.3. The highest BCUT2D eigenvalue weighted by atomic mass is 16.2. The molecule has 2 aromatic heterocycles. The number of hydrogen-bond donors (Lipinski definition) is 1. The van der Waals surface area contributed by atoms with Gasteiger partial charge in [-0.05, 0) is 12.1 Å². The molecule has 17 heavy (non-hydrogen) atoms. The molecule has 0 aliphatic carbocycles. The van der Waals surface area contributed by atoms with Crippen molar-refractivity contribution in [3.63, 3.8) is 0 Å². The predicted octanol–water partition coefficient (Wildman–Crippen LogP) is 0.551. The maximum atomic E-state index is 11.8. The smallest absolute Gasteiger partial charge is 0.276 e. The summed E-state index contributed by atoms with van der Waals surface area (Å²) in [5.74, 6) is 0.397. The van der Waals surface area contributed by atoms with E-state index >= 15 is 0 Å². The highest BCUT2D eigenvalue weighted by molar-refractivity contribution is 5.96. The third-order valence-electron chi connectivity index (χ3n) is 2.24. The number of carbonyl (C=O) groups is 1. The third kappa shape index (κ3) is 2.10. The molecule has 2 aromatic rings. The second-order valence-electron chi connectivity index (χ2n) is 3.77. The van der Waals surface area contributed by atoms with Crippen molar-refractivity contribution < 1.29 is 4.79 Å². The van der Waals surface area contributed by atoms with Gasteiger partial charge in [0, 0.05) is 20.3 Å². The number of amides is 1. The highest BCUT2D eigenvalue weighted by Crippen LogP contribution is 2.13. The molecule has 0 radical (unpaired) electrons. The summed E-state index contributed by atoms with van der Waals surface area (Å²) in [6.45, 7) is 0. The van der Waals surface area contributed by atoms with Gasteiger partial charge < -0.3 is 10.6 Å². The normalized spacial score (nSPS) is 10.2. The first-order chi connectivity index (χ1) is 8.09. The van der Waals surface area contributed by atoms with Crippen molar-refractivity contribution in [2.75, 3.05) is 19.8 Å². The molecule has 0 aromatic carbocycles. The van der Waals surface area contributed by atoms with Crippen LogP contribution < -0.4 is 5.73 Å². The zero-order valence-corrected chi connectivity index (χ0v) is 9.66. The van der Waals surface area contributed by atoms with Crippen molar-refractivity contribution in [1.82, 2.24) is 19.7 Å². The molecule has 2 N–H and O–H groups in total. The average Bonchev–Trinajstić information content (AvgIpc) is 2.71. The molecule has 0 aliphatic rings. The molecule has 1 amide bonds. The summed E-state index contributed by atoms with van der Waals surface area (Å²) in [5.41, 5.74) is 6.34. The van der Waals surface area contributed by atoms with Crippen LogP contribution in [0.4, 0.5) is 5.69 Å². The largest absolute Gasteiger partial charge is 0.396 e. The van der Waals surface area contributed by atoms with Gasteiger partial charge >= 0.3 is 0 Å². The Labute approximate surface area is 98.7 Å². The van der Waals surface area contributed by atoms with Crippen LogP contribution in [0.5, 0.6) is 0 Å². The lowest BCUT2D eigenvalue weighted by Gasteiger charge is -2.07. The molecule has 2 heterocycles. The minimum absolute atomic E-state index is 0.225. The summed E-state index contributed by atoms with van der Waals surface area (Å²) in [4.78, 5) is 17.3. The second kappa shape index (κ2) is 4.25. The quantitative estimate of drug-likeness (QED) is 0.818. The van der Waals surface area contributed by atoms with Crippen LogP contribution in [0, 0.1) is 0 Å². The van der Waals surface area contributed by atoms with E-state index in [1.165, 1.54) is 9.58 Å². The van der Waals surface area contributed by atoms with Crippen LogP contribution in [0.2, 0.25) is 0 Å². The van der Waals surface area contributed by atoms with Crippen LogP contribution in [-0.4, -0.2) is 39.7 Å². The van der Waals surface area contributed by atoms with Crippen molar-refractivity contribution in [2.24, 2.45) is 0 Å². The number of pyridine rings is 1. The number of nitrogen functional groups attached to an aromatic ring is 1. The summed E-state index contributed by atoms with van der Waals surface area (Å²) in [5, 5.41) is 4.14. The molecule has 0 bridgehead atoms. The molecule has 2 rings (SSSR count). The van der Waals surface area contributed by atoms with E-state index in [0.717, 1.165) is 0 Å². The number of rotatable bonds is 2. The first-order valence-electron chi connectivity index (χ1n) is 5.08. The van der Waals surface area contributed by atoms with Crippen LogP contribution in [0.25, 0.3) is 5.82 Å². The highest BCUT2D eigenvalue weighted by Gasteiger charge is 2.17. The topological polar surface area (TPSA) is 77.0 Å². The molecular weight excluding hydrogens is 218 g/mol. The number of nitrogens with zero attached hydrogens (tertiary/aromatic N) is 4. The summed E-state index contributed by atoms with van der Waals surface area (Å²) in [7, 11) is 3.31. The fourth-order valence-corrected chi connectivity index (χ4v) is 1.37. The molecule has 6 heteroatoms. The van der Waals surface area contributed by atoms with E-state index in [-0.39, 0.29) is 11.6 Å². The van der Waals surface area contributed by atoms with Crippen LogP contribution in [0.15, 0.2) is 30.6 Å². The molecule has 0 aliphatic heterocycles. The predicted molar refractivity (Wildman–Crippen MR) is 63.8 cm³/mol. The Hall–Kier alpha value is -2.37. The Morgan fingerprint density at radius 2 is 2.18 bits per heavy atom. The maximum absolute atomic E-state index is 11.8. The van der Waals surface area contributed by atoms with Crippen LogP contribution in [0.3, 0.4) is 0 Å². The monoisotopic (exact) mass is 231 g/mol. The third-order valence-corrected chi connectivity index (χ3v) is 2.24. The zero-order valence-electron chi connectivity index (χ0n) is 9.66. The summed E-state index contributed by atoms with van der Waals surface area (Å²) < 4.78 is 1.49. The average molecular weight is 231 g/mol. The van der Waals surface area contributed by atoms with E-state index in [0.29, 0.717) is 11.5 Å². The van der Waals surface area contributed by atoms with Crippen LogP contribution >= 0.6 is 0 Å². The first-order valence-corrected chi connectivity index (χ1v) is 5.08. The van der Waals surface area contributed by atoms with Crippen molar-refractivity contribution >= 4 is 11.6 Å². The van der Waals surface area contributed by atoms with E-state index in [9.17, 15) is 4.79 Å². The zero-order chi connectivity index (χ0) is 12.4. The van der Waals surface area contributed by atoms with Crippen LogP contribution in [-0.2, 0) is 0 Å². The number of anilines is 1. The Balaban J connectivity index is 2.41. The summed E-state index contributed by atoms with van der Waals surface area (Å²) in [6, 6.07) is 5.44. The summed E-state index contributed by atoms with van der Waals surface area (Å²) in [6.07, 6.45) is 3.24. The molecular formula is C11H13N5O. The molecule has 0 atom stereocenters. The van der Waals surface area contributed by atoms with Gasteiger partial charge in [-0.2, -0.15) is 5.10 Å². The van der Waals surface area contributed by atoms with Gasteiger partial charge in [0.1, 0.15) is 0 Å². The second-order valence-corrected chi connectivity index (χ2v) is 3.77.